The lowest BCUT2D eigenvalue weighted by atomic mass is 9.77. The molecule has 0 bridgehead atoms. The minimum absolute atomic E-state index is 0.00855. The van der Waals surface area contributed by atoms with Crippen LogP contribution in [0, 0.1) is 11.6 Å². The number of aromatic nitrogens is 5. The molecule has 0 aliphatic rings. The number of hydrogen-bond acceptors (Lipinski definition) is 5. The molecule has 9 heteroatoms. The normalized spacial score (nSPS) is 14.2. The molecule has 2 atom stereocenters. The first-order chi connectivity index (χ1) is 15.9. The molecule has 172 valence electrons. The summed E-state index contributed by atoms with van der Waals surface area (Å²) >= 11 is 0. The van der Waals surface area contributed by atoms with Gasteiger partial charge in [0.15, 0.2) is 0 Å². The number of hydrogen-bond donors (Lipinski definition) is 1. The molecule has 7 nitrogen and oxygen atoms in total. The average molecular weight is 453 g/mol. The molecule has 0 amide bonds. The number of rotatable bonds is 9. The predicted octanol–water partition coefficient (Wildman–Crippen LogP) is 4.11. The second kappa shape index (κ2) is 9.60. The molecule has 4 rings (SSSR count). The van der Waals surface area contributed by atoms with E-state index in [1.807, 2.05) is 35.8 Å². The van der Waals surface area contributed by atoms with E-state index in [-0.39, 0.29) is 12.1 Å². The van der Waals surface area contributed by atoms with Crippen LogP contribution < -0.4 is 0 Å². The number of nitrogens with zero attached hydrogens (tertiary/aromatic N) is 5. The standard InChI is InChI=1S/C24H25F2N5O2/c1-3-33-16-30-14-27-11-23(30)19-6-4-18(5-7-19)17(2)24(32,12-31-15-28-13-29-31)21-9-8-20(25)10-22(21)26/h4-11,13-15,17,32H,3,12,16H2,1-2H3. The lowest BCUT2D eigenvalue weighted by Crippen LogP contribution is -2.38. The summed E-state index contributed by atoms with van der Waals surface area (Å²) < 4.78 is 37.2. The van der Waals surface area contributed by atoms with Crippen LogP contribution in [0.25, 0.3) is 11.3 Å². The van der Waals surface area contributed by atoms with Crippen LogP contribution in [0.3, 0.4) is 0 Å². The van der Waals surface area contributed by atoms with Gasteiger partial charge in [0.1, 0.15) is 36.6 Å². The lowest BCUT2D eigenvalue weighted by molar-refractivity contribution is -0.0112. The largest absolute Gasteiger partial charge is 0.382 e. The fourth-order valence-electron chi connectivity index (χ4n) is 3.93. The topological polar surface area (TPSA) is 78.0 Å². The molecule has 4 aromatic rings. The smallest absolute Gasteiger partial charge is 0.137 e. The molecule has 0 saturated heterocycles. The highest BCUT2D eigenvalue weighted by Crippen LogP contribution is 2.40. The summed E-state index contributed by atoms with van der Waals surface area (Å²) in [5, 5.41) is 15.8. The highest BCUT2D eigenvalue weighted by Gasteiger charge is 2.40. The first-order valence-corrected chi connectivity index (χ1v) is 10.6. The van der Waals surface area contributed by atoms with Crippen molar-refractivity contribution in [1.82, 2.24) is 24.3 Å². The van der Waals surface area contributed by atoms with E-state index < -0.39 is 23.2 Å². The average Bonchev–Trinajstić information content (AvgIpc) is 3.49. The summed E-state index contributed by atoms with van der Waals surface area (Å²) in [6.07, 6.45) is 6.25. The summed E-state index contributed by atoms with van der Waals surface area (Å²) in [6.45, 7) is 4.66. The molecule has 0 saturated carbocycles. The first-order valence-electron chi connectivity index (χ1n) is 10.6. The van der Waals surface area contributed by atoms with E-state index >= 15 is 0 Å². The van der Waals surface area contributed by atoms with Crippen molar-refractivity contribution in [1.29, 1.82) is 0 Å². The van der Waals surface area contributed by atoms with Gasteiger partial charge in [0, 0.05) is 24.2 Å². The van der Waals surface area contributed by atoms with Crippen molar-refractivity contribution < 1.29 is 18.6 Å². The van der Waals surface area contributed by atoms with Crippen molar-refractivity contribution in [2.45, 2.75) is 38.6 Å². The summed E-state index contributed by atoms with van der Waals surface area (Å²) in [6, 6.07) is 10.8. The number of benzene rings is 2. The Morgan fingerprint density at radius 3 is 2.55 bits per heavy atom. The highest BCUT2D eigenvalue weighted by atomic mass is 19.1. The van der Waals surface area contributed by atoms with Crippen LogP contribution in [0.5, 0.6) is 0 Å². The SMILES string of the molecule is CCOCn1cncc1-c1ccc(C(C)C(O)(Cn2cncn2)c2ccc(F)cc2F)cc1. The van der Waals surface area contributed by atoms with Crippen molar-refractivity contribution >= 4 is 0 Å². The maximum absolute atomic E-state index is 14.8. The van der Waals surface area contributed by atoms with Crippen LogP contribution in [-0.4, -0.2) is 36.0 Å². The molecule has 1 N–H and O–H groups in total. The Hall–Kier alpha value is -3.43. The van der Waals surface area contributed by atoms with Gasteiger partial charge in [-0.05, 0) is 24.1 Å². The summed E-state index contributed by atoms with van der Waals surface area (Å²) in [7, 11) is 0. The van der Waals surface area contributed by atoms with Crippen LogP contribution in [0.2, 0.25) is 0 Å². The number of aliphatic hydroxyl groups is 1. The minimum Gasteiger partial charge on any atom is -0.382 e. The Morgan fingerprint density at radius 1 is 1.09 bits per heavy atom. The number of imidazole rings is 1. The van der Waals surface area contributed by atoms with Gasteiger partial charge in [-0.3, -0.25) is 0 Å². The van der Waals surface area contributed by atoms with Crippen molar-refractivity contribution in [2.75, 3.05) is 6.61 Å². The van der Waals surface area contributed by atoms with Gasteiger partial charge >= 0.3 is 0 Å². The summed E-state index contributed by atoms with van der Waals surface area (Å²) in [4.78, 5) is 8.11. The molecular weight excluding hydrogens is 428 g/mol. The van der Waals surface area contributed by atoms with E-state index in [0.29, 0.717) is 13.3 Å². The molecule has 0 fully saturated rings. The second-order valence-electron chi connectivity index (χ2n) is 7.86. The quantitative estimate of drug-likeness (QED) is 0.413. The van der Waals surface area contributed by atoms with E-state index in [1.165, 1.54) is 23.4 Å². The molecule has 0 aliphatic heterocycles. The molecule has 2 heterocycles. The zero-order chi connectivity index (χ0) is 23.4. The zero-order valence-corrected chi connectivity index (χ0v) is 18.4. The summed E-state index contributed by atoms with van der Waals surface area (Å²) in [5.74, 6) is -2.08. The van der Waals surface area contributed by atoms with E-state index in [4.69, 9.17) is 4.74 Å². The first kappa shape index (κ1) is 22.8. The van der Waals surface area contributed by atoms with Gasteiger partial charge in [-0.2, -0.15) is 5.10 Å². The van der Waals surface area contributed by atoms with Gasteiger partial charge in [0.05, 0.1) is 24.8 Å². The van der Waals surface area contributed by atoms with Crippen molar-refractivity contribution in [3.8, 4) is 11.3 Å². The van der Waals surface area contributed by atoms with Crippen molar-refractivity contribution in [3.63, 3.8) is 0 Å². The van der Waals surface area contributed by atoms with Crippen LogP contribution in [-0.2, 0) is 23.6 Å². The Balaban J connectivity index is 1.68. The molecule has 2 aromatic carbocycles. The molecule has 2 unspecified atom stereocenters. The zero-order valence-electron chi connectivity index (χ0n) is 18.4. The molecular formula is C24H25F2N5O2. The van der Waals surface area contributed by atoms with Gasteiger partial charge in [0.25, 0.3) is 0 Å². The Kier molecular flexibility index (Phi) is 6.62. The van der Waals surface area contributed by atoms with Crippen molar-refractivity contribution in [2.24, 2.45) is 0 Å². The molecule has 2 aromatic heterocycles. The van der Waals surface area contributed by atoms with E-state index in [1.54, 1.807) is 19.4 Å². The van der Waals surface area contributed by atoms with Crippen LogP contribution in [0.1, 0.15) is 30.9 Å². The predicted molar refractivity (Wildman–Crippen MR) is 118 cm³/mol. The Bertz CT molecular complexity index is 1190. The maximum atomic E-state index is 14.8. The second-order valence-corrected chi connectivity index (χ2v) is 7.86. The molecule has 0 spiro atoms. The highest BCUT2D eigenvalue weighted by molar-refractivity contribution is 5.59. The Labute approximate surface area is 190 Å². The maximum Gasteiger partial charge on any atom is 0.137 e. The third kappa shape index (κ3) is 4.69. The van der Waals surface area contributed by atoms with Gasteiger partial charge in [-0.1, -0.05) is 37.3 Å². The lowest BCUT2D eigenvalue weighted by Gasteiger charge is -2.35. The third-order valence-electron chi connectivity index (χ3n) is 5.84. The Morgan fingerprint density at radius 2 is 1.88 bits per heavy atom. The van der Waals surface area contributed by atoms with Gasteiger partial charge < -0.3 is 14.4 Å². The van der Waals surface area contributed by atoms with Crippen LogP contribution >= 0.6 is 0 Å². The van der Waals surface area contributed by atoms with E-state index in [2.05, 4.69) is 15.1 Å². The fraction of sp³-hybridized carbons (Fsp3) is 0.292. The molecule has 33 heavy (non-hydrogen) atoms. The fourth-order valence-corrected chi connectivity index (χ4v) is 3.93. The van der Waals surface area contributed by atoms with Crippen LogP contribution in [0.4, 0.5) is 8.78 Å². The van der Waals surface area contributed by atoms with Gasteiger partial charge in [-0.25, -0.2) is 23.4 Å². The van der Waals surface area contributed by atoms with Gasteiger partial charge in [-0.15, -0.1) is 0 Å². The monoisotopic (exact) mass is 453 g/mol. The van der Waals surface area contributed by atoms with Gasteiger partial charge in [0.2, 0.25) is 0 Å². The molecule has 0 aliphatic carbocycles. The van der Waals surface area contributed by atoms with E-state index in [9.17, 15) is 13.9 Å². The van der Waals surface area contributed by atoms with E-state index in [0.717, 1.165) is 29.0 Å². The molecule has 0 radical (unpaired) electrons. The third-order valence-corrected chi connectivity index (χ3v) is 5.84. The number of ether oxygens (including phenoxy) is 1. The van der Waals surface area contributed by atoms with Crippen LogP contribution in [0.15, 0.2) is 67.6 Å². The minimum atomic E-state index is -1.70. The number of halogens is 2. The van der Waals surface area contributed by atoms with Crippen molar-refractivity contribution in [3.05, 3.63) is 90.4 Å². The summed E-state index contributed by atoms with van der Waals surface area (Å²) in [5.41, 5.74) is 0.886.